The molecular weight excluding hydrogens is 1130 g/mol. The van der Waals surface area contributed by atoms with Crippen LogP contribution in [0.25, 0.3) is 0 Å². The summed E-state index contributed by atoms with van der Waals surface area (Å²) in [5, 5.41) is 17.8. The summed E-state index contributed by atoms with van der Waals surface area (Å²) in [5.74, 6) is 5.41. The van der Waals surface area contributed by atoms with E-state index in [2.05, 4.69) is 126 Å². The molecule has 0 aromatic carbocycles. The maximum atomic E-state index is 13.0. The molecule has 3 N–H and O–H groups in total. The van der Waals surface area contributed by atoms with Gasteiger partial charge in [-0.05, 0) is 332 Å². The van der Waals surface area contributed by atoms with Crippen molar-refractivity contribution in [3.63, 3.8) is 0 Å². The molecule has 0 saturated heterocycles. The van der Waals surface area contributed by atoms with Crippen molar-refractivity contribution in [3.8, 4) is 0 Å². The van der Waals surface area contributed by atoms with E-state index < -0.39 is 5.60 Å². The van der Waals surface area contributed by atoms with Crippen molar-refractivity contribution in [1.29, 1.82) is 0 Å². The number of ketones is 2. The Kier molecular flexibility index (Phi) is 17.6. The smallest absolute Gasteiger partial charge is 1.00 e. The quantitative estimate of drug-likeness (QED) is 0.180. The second kappa shape index (κ2) is 22.1. The Hall–Kier alpha value is -1.23. The third kappa shape index (κ3) is 8.92. The van der Waals surface area contributed by atoms with Crippen LogP contribution < -0.4 is 40.2 Å². The number of amides is 1. The number of rotatable bonds is 6. The van der Waals surface area contributed by atoms with Crippen LogP contribution in [0, 0.1) is 117 Å². The van der Waals surface area contributed by atoms with Crippen molar-refractivity contribution in [2.24, 2.45) is 117 Å². The van der Waals surface area contributed by atoms with Crippen LogP contribution in [0.1, 0.15) is 288 Å². The summed E-state index contributed by atoms with van der Waals surface area (Å²) in [6.45, 7) is 41.5. The van der Waals surface area contributed by atoms with Crippen LogP contribution in [-0.4, -0.2) is 87.1 Å². The van der Waals surface area contributed by atoms with Gasteiger partial charge in [0.1, 0.15) is 5.60 Å². The average molecular weight is 1260 g/mol. The summed E-state index contributed by atoms with van der Waals surface area (Å²) in [6, 6.07) is 1.57. The molecule has 0 aromatic heterocycles. The summed E-state index contributed by atoms with van der Waals surface area (Å²) in [5.41, 5.74) is 8.58. The molecule has 1 unspecified atom stereocenters. The fourth-order valence-electron chi connectivity index (χ4n) is 30.6. The fourth-order valence-corrected chi connectivity index (χ4v) is 30.6. The zero-order chi connectivity index (χ0) is 64.0. The Morgan fingerprint density at radius 3 is 1.19 bits per heavy atom. The predicted octanol–water partition coefficient (Wildman–Crippen LogP) is 15.4. The number of Topliss-reactive ketones (excluding diaryl/α,β-unsaturated/α-hetero) is 2. The first-order valence-corrected chi connectivity index (χ1v) is 36.9. The molecule has 1 amide bonds. The van der Waals surface area contributed by atoms with E-state index in [-0.39, 0.29) is 97.9 Å². The van der Waals surface area contributed by atoms with Crippen LogP contribution in [0.5, 0.6) is 0 Å². The molecule has 0 heterocycles. The molecule has 505 valence electrons. The van der Waals surface area contributed by atoms with Crippen molar-refractivity contribution in [3.05, 3.63) is 34.9 Å². The van der Waals surface area contributed by atoms with Gasteiger partial charge in [-0.15, -0.1) is 0 Å². The summed E-state index contributed by atoms with van der Waals surface area (Å²) in [4.78, 5) is 39.8. The van der Waals surface area contributed by atoms with E-state index in [1.165, 1.54) is 134 Å². The second-order valence-corrected chi connectivity index (χ2v) is 38.9. The minimum Gasteiger partial charge on any atom is -1.00 e. The molecule has 0 aliphatic heterocycles. The minimum absolute atomic E-state index is 0. The molecule has 15 aliphatic rings. The molecule has 12 saturated carbocycles. The molecule has 10 heteroatoms. The molecular formula is C81H132BN3NaO5. The summed E-state index contributed by atoms with van der Waals surface area (Å²) in [6.07, 6.45) is 38.1. The maximum Gasteiger partial charge on any atom is 1.00 e. The first kappa shape index (κ1) is 72.5. The van der Waals surface area contributed by atoms with Gasteiger partial charge in [0.2, 0.25) is 0 Å². The van der Waals surface area contributed by atoms with Gasteiger partial charge in [0, 0.05) is 44.4 Å². The van der Waals surface area contributed by atoms with Gasteiger partial charge in [0.15, 0.2) is 11.6 Å². The molecule has 6 spiro atoms. The van der Waals surface area contributed by atoms with E-state index in [4.69, 9.17) is 4.74 Å². The Bertz CT molecular complexity index is 3040. The Morgan fingerprint density at radius 1 is 0.516 bits per heavy atom. The number of nitrogens with one attached hydrogen (secondary N) is 2. The Morgan fingerprint density at radius 2 is 0.835 bits per heavy atom. The van der Waals surface area contributed by atoms with Crippen molar-refractivity contribution in [2.45, 2.75) is 316 Å². The van der Waals surface area contributed by atoms with E-state index in [0.29, 0.717) is 83.9 Å². The van der Waals surface area contributed by atoms with E-state index in [9.17, 15) is 19.5 Å². The zero-order valence-corrected chi connectivity index (χ0v) is 63.6. The van der Waals surface area contributed by atoms with Crippen LogP contribution >= 0.6 is 0 Å². The molecule has 0 aromatic rings. The molecule has 0 bridgehead atoms. The normalized spacial score (nSPS) is 50.3. The monoisotopic (exact) mass is 1260 g/mol. The van der Waals surface area contributed by atoms with Gasteiger partial charge >= 0.3 is 35.7 Å². The number of hydrogen-bond donors (Lipinski definition) is 3. The van der Waals surface area contributed by atoms with E-state index in [1.807, 2.05) is 39.6 Å². The number of aliphatic hydroxyl groups is 1. The van der Waals surface area contributed by atoms with Gasteiger partial charge in [-0.2, -0.15) is 0 Å². The number of aliphatic hydroxyl groups excluding tert-OH is 1. The van der Waals surface area contributed by atoms with Gasteiger partial charge < -0.3 is 26.8 Å². The van der Waals surface area contributed by atoms with Gasteiger partial charge in [-0.25, -0.2) is 4.79 Å². The maximum absolute atomic E-state index is 13.0. The number of carbonyl (C=O) groups excluding carboxylic acids is 3. The number of ether oxygens (including phenoxy) is 1. The van der Waals surface area contributed by atoms with Crippen molar-refractivity contribution >= 4 is 26.1 Å². The van der Waals surface area contributed by atoms with Gasteiger partial charge in [-0.3, -0.25) is 9.59 Å². The average Bonchev–Trinajstić information content (AvgIpc) is 1.48. The third-order valence-electron chi connectivity index (χ3n) is 35.1. The van der Waals surface area contributed by atoms with Crippen LogP contribution in [0.3, 0.4) is 0 Å². The molecule has 22 atom stereocenters. The SMILES string of the molecule is C.CC(=O)C1=CC[C@@]2(C)[C@@H]3CC[C@H]4C(C)(C)[C@@H](N(C)C(=O)OC(C)(C)C)CC[C@@]45C[C@@]35CC[C@]12C.CN[C@H]1CC[C@]23C[C@]24CC[C@]2(C)C(C(C)=O)=CC[C@@]2(C)[C@@H]4CC[C@H]3C1(C)C.CN[C@H]1CC[C@]23C[C@]24CC[C@]2(C)C(C(C)O)=CC[C@@]2(C)[C@@H]4CC[C@H]3C1(C)C.[B].[H-].[Na+]. The number of allylic oxidation sites excluding steroid dienone is 5. The van der Waals surface area contributed by atoms with Gasteiger partial charge in [0.25, 0.3) is 0 Å². The predicted molar refractivity (Wildman–Crippen MR) is 371 cm³/mol. The number of fused-ring (bicyclic) bond motifs is 6. The first-order valence-electron chi connectivity index (χ1n) is 36.9. The van der Waals surface area contributed by atoms with Crippen molar-refractivity contribution < 1.29 is 55.2 Å². The van der Waals surface area contributed by atoms with Crippen molar-refractivity contribution in [2.75, 3.05) is 21.1 Å². The topological polar surface area (TPSA) is 108 Å². The zero-order valence-electron chi connectivity index (χ0n) is 62.6. The minimum atomic E-state index is -0.470. The Balaban J connectivity index is 0.000000161. The van der Waals surface area contributed by atoms with Crippen LogP contribution in [0.15, 0.2) is 34.9 Å². The standard InChI is InChI=1S/C30H47NO3.C25H41NO.C25H39NO.CH4.B.Na.H/c1-19(32)20-12-14-28(8)22-11-10-21-26(5,6)23(31(9)24(33)34-25(2,3)4)13-15-29(21)18-30(22,29)17-16-27(20,28)7;2*1-16(27)17-9-11-23(5)19-8-7-18-21(2,3)20(26-6)10-12-24(18)15-25(19,24)14-13-22(17,23)4;;;;/h12,21-23H,10-11,13-18H2,1-9H3;9,16,18-20,26-27H,7-8,10-15H2,1-6H3;9,18-20,26H,7-8,10-15H2,1-6H3;1H4;;;/q;;;;;+1;-1/t21-,22-,23-,27+,28-,29+,30-;16?,18-,19-,20-,22+,23-,24+,25-;18-,19-,20-,22+,23-,24+,25-;;;;/m000..../s1. The van der Waals surface area contributed by atoms with Crippen LogP contribution in [0.4, 0.5) is 4.79 Å². The molecule has 91 heavy (non-hydrogen) atoms. The van der Waals surface area contributed by atoms with Gasteiger partial charge in [0.05, 0.1) is 6.10 Å². The largest absolute Gasteiger partial charge is 1.00 e. The molecule has 8 nitrogen and oxygen atoms in total. The summed E-state index contributed by atoms with van der Waals surface area (Å²) in [7, 11) is 6.29. The van der Waals surface area contributed by atoms with Crippen LogP contribution in [-0.2, 0) is 14.3 Å². The number of hydrogen-bond acceptors (Lipinski definition) is 7. The van der Waals surface area contributed by atoms with E-state index in [1.54, 1.807) is 13.8 Å². The van der Waals surface area contributed by atoms with Crippen LogP contribution in [0.2, 0.25) is 0 Å². The molecule has 15 aliphatic carbocycles. The fraction of sp³-hybridized carbons (Fsp3) is 0.889. The molecule has 3 radical (unpaired) electrons. The first-order chi connectivity index (χ1) is 40.7. The Labute approximate surface area is 581 Å². The molecule has 12 fully saturated rings. The number of carbonyl (C=O) groups is 3. The summed E-state index contributed by atoms with van der Waals surface area (Å²) < 4.78 is 5.76. The molecule has 15 rings (SSSR count). The summed E-state index contributed by atoms with van der Waals surface area (Å²) >= 11 is 0. The van der Waals surface area contributed by atoms with Gasteiger partial charge in [-0.1, -0.05) is 109 Å². The second-order valence-electron chi connectivity index (χ2n) is 38.9. The van der Waals surface area contributed by atoms with Crippen molar-refractivity contribution in [1.82, 2.24) is 15.5 Å². The third-order valence-corrected chi connectivity index (χ3v) is 35.1. The van der Waals surface area contributed by atoms with E-state index in [0.717, 1.165) is 60.5 Å². The van der Waals surface area contributed by atoms with E-state index >= 15 is 0 Å². The number of nitrogens with zero attached hydrogens (tertiary/aromatic N) is 1.